The van der Waals surface area contributed by atoms with Gasteiger partial charge in [-0.1, -0.05) is 0 Å². The summed E-state index contributed by atoms with van der Waals surface area (Å²) < 4.78 is 10.2. The Labute approximate surface area is 77.6 Å². The predicted molar refractivity (Wildman–Crippen MR) is 46.3 cm³/mol. The summed E-state index contributed by atoms with van der Waals surface area (Å²) >= 11 is 0. The molecule has 0 aliphatic carbocycles. The molecule has 13 heavy (non-hydrogen) atoms. The second kappa shape index (κ2) is 4.07. The lowest BCUT2D eigenvalue weighted by atomic mass is 10.00. The van der Waals surface area contributed by atoms with E-state index in [1.165, 1.54) is 0 Å². The van der Waals surface area contributed by atoms with Crippen LogP contribution in [0.4, 0.5) is 0 Å². The number of hydrogen-bond acceptors (Lipinski definition) is 4. The highest BCUT2D eigenvalue weighted by atomic mass is 16.6. The first kappa shape index (κ1) is 8.97. The highest BCUT2D eigenvalue weighted by Gasteiger charge is 2.28. The summed E-state index contributed by atoms with van der Waals surface area (Å²) in [5, 5.41) is 3.19. The molecule has 74 valence electrons. The van der Waals surface area contributed by atoms with Gasteiger partial charge in [0.05, 0.1) is 19.1 Å². The molecule has 2 fully saturated rings. The number of rotatable bonds is 2. The lowest BCUT2D eigenvalue weighted by Crippen LogP contribution is -2.42. The normalized spacial score (nSPS) is 29.4. The SMILES string of the molecule is O=C(OC1COC1)[C@H]1CCCNC1. The quantitative estimate of drug-likeness (QED) is 0.612. The summed E-state index contributed by atoms with van der Waals surface area (Å²) in [6.45, 7) is 2.94. The molecule has 1 atom stereocenters. The lowest BCUT2D eigenvalue weighted by Gasteiger charge is -2.29. The number of nitrogens with one attached hydrogen (secondary N) is 1. The zero-order valence-electron chi connectivity index (χ0n) is 7.62. The Hall–Kier alpha value is -0.610. The molecule has 0 amide bonds. The summed E-state index contributed by atoms with van der Waals surface area (Å²) in [5.41, 5.74) is 0. The minimum absolute atomic E-state index is 0.0226. The van der Waals surface area contributed by atoms with Crippen LogP contribution in [0.1, 0.15) is 12.8 Å². The summed E-state index contributed by atoms with van der Waals surface area (Å²) in [6.07, 6.45) is 2.05. The maximum Gasteiger partial charge on any atom is 0.310 e. The molecule has 4 nitrogen and oxygen atoms in total. The average Bonchev–Trinajstić information content (AvgIpc) is 2.12. The Kier molecular flexibility index (Phi) is 2.80. The van der Waals surface area contributed by atoms with Gasteiger partial charge in [-0.2, -0.15) is 0 Å². The van der Waals surface area contributed by atoms with Crippen molar-refractivity contribution < 1.29 is 14.3 Å². The fraction of sp³-hybridized carbons (Fsp3) is 0.889. The summed E-state index contributed by atoms with van der Waals surface area (Å²) in [6, 6.07) is 0. The van der Waals surface area contributed by atoms with Crippen LogP contribution in [0.25, 0.3) is 0 Å². The van der Waals surface area contributed by atoms with E-state index in [-0.39, 0.29) is 18.0 Å². The highest BCUT2D eigenvalue weighted by Crippen LogP contribution is 2.15. The van der Waals surface area contributed by atoms with Crippen LogP contribution in [-0.2, 0) is 14.3 Å². The Bertz CT molecular complexity index is 185. The molecule has 2 aliphatic rings. The first-order valence-electron chi connectivity index (χ1n) is 4.85. The van der Waals surface area contributed by atoms with Crippen molar-refractivity contribution in [3.05, 3.63) is 0 Å². The maximum absolute atomic E-state index is 11.5. The van der Waals surface area contributed by atoms with Crippen LogP contribution in [0.2, 0.25) is 0 Å². The van der Waals surface area contributed by atoms with Crippen LogP contribution in [0.15, 0.2) is 0 Å². The fourth-order valence-corrected chi connectivity index (χ4v) is 1.60. The first-order chi connectivity index (χ1) is 6.36. The topological polar surface area (TPSA) is 47.6 Å². The molecule has 0 unspecified atom stereocenters. The Morgan fingerprint density at radius 2 is 2.31 bits per heavy atom. The average molecular weight is 185 g/mol. The summed E-state index contributed by atoms with van der Waals surface area (Å²) in [4.78, 5) is 11.5. The molecular weight excluding hydrogens is 170 g/mol. The van der Waals surface area contributed by atoms with E-state index >= 15 is 0 Å². The second-order valence-electron chi connectivity index (χ2n) is 3.64. The first-order valence-corrected chi connectivity index (χ1v) is 4.85. The van der Waals surface area contributed by atoms with Crippen LogP contribution in [0.3, 0.4) is 0 Å². The van der Waals surface area contributed by atoms with Gasteiger partial charge >= 0.3 is 5.97 Å². The number of carbonyl (C=O) groups is 1. The van der Waals surface area contributed by atoms with E-state index < -0.39 is 0 Å². The third-order valence-electron chi connectivity index (χ3n) is 2.52. The molecule has 0 aromatic rings. The van der Waals surface area contributed by atoms with E-state index in [4.69, 9.17) is 9.47 Å². The molecule has 4 heteroatoms. The molecule has 0 radical (unpaired) electrons. The van der Waals surface area contributed by atoms with Gasteiger partial charge in [-0.3, -0.25) is 4.79 Å². The van der Waals surface area contributed by atoms with Gasteiger partial charge in [0.15, 0.2) is 0 Å². The van der Waals surface area contributed by atoms with Crippen LogP contribution < -0.4 is 5.32 Å². The van der Waals surface area contributed by atoms with Gasteiger partial charge in [-0.05, 0) is 19.4 Å². The standard InChI is InChI=1S/C9H15NO3/c11-9(13-8-5-12-6-8)7-2-1-3-10-4-7/h7-8,10H,1-6H2/t7-/m0/s1. The smallest absolute Gasteiger partial charge is 0.310 e. The number of hydrogen-bond donors (Lipinski definition) is 1. The van der Waals surface area contributed by atoms with Crippen molar-refractivity contribution in [1.82, 2.24) is 5.32 Å². The number of piperidine rings is 1. The van der Waals surface area contributed by atoms with Gasteiger partial charge in [0.25, 0.3) is 0 Å². The molecule has 0 spiro atoms. The Morgan fingerprint density at radius 3 is 2.85 bits per heavy atom. The molecule has 0 saturated carbocycles. The van der Waals surface area contributed by atoms with E-state index in [1.54, 1.807) is 0 Å². The number of esters is 1. The minimum Gasteiger partial charge on any atom is -0.457 e. The zero-order chi connectivity index (χ0) is 9.10. The molecular formula is C9H15NO3. The van der Waals surface area contributed by atoms with Crippen molar-refractivity contribution in [1.29, 1.82) is 0 Å². The van der Waals surface area contributed by atoms with Crippen molar-refractivity contribution in [3.63, 3.8) is 0 Å². The van der Waals surface area contributed by atoms with E-state index in [1.807, 2.05) is 0 Å². The maximum atomic E-state index is 11.5. The van der Waals surface area contributed by atoms with Gasteiger partial charge in [0, 0.05) is 6.54 Å². The third kappa shape index (κ3) is 2.19. The van der Waals surface area contributed by atoms with Crippen molar-refractivity contribution in [3.8, 4) is 0 Å². The molecule has 2 saturated heterocycles. The Morgan fingerprint density at radius 1 is 1.46 bits per heavy atom. The van der Waals surface area contributed by atoms with E-state index in [0.29, 0.717) is 13.2 Å². The summed E-state index contributed by atoms with van der Waals surface area (Å²) in [7, 11) is 0. The lowest BCUT2D eigenvalue weighted by molar-refractivity contribution is -0.177. The van der Waals surface area contributed by atoms with Gasteiger partial charge in [0.2, 0.25) is 0 Å². The van der Waals surface area contributed by atoms with Gasteiger partial charge in [0.1, 0.15) is 6.10 Å². The van der Waals surface area contributed by atoms with Crippen molar-refractivity contribution in [2.24, 2.45) is 5.92 Å². The molecule has 2 aliphatic heterocycles. The largest absolute Gasteiger partial charge is 0.457 e. The van der Waals surface area contributed by atoms with Crippen molar-refractivity contribution in [2.45, 2.75) is 18.9 Å². The Balaban J connectivity index is 1.74. The van der Waals surface area contributed by atoms with E-state index in [9.17, 15) is 4.79 Å². The number of carbonyl (C=O) groups excluding carboxylic acids is 1. The fourth-order valence-electron chi connectivity index (χ4n) is 1.60. The zero-order valence-corrected chi connectivity index (χ0v) is 7.62. The van der Waals surface area contributed by atoms with Crippen LogP contribution >= 0.6 is 0 Å². The van der Waals surface area contributed by atoms with Crippen LogP contribution in [-0.4, -0.2) is 38.4 Å². The molecule has 0 aromatic heterocycles. The van der Waals surface area contributed by atoms with Gasteiger partial charge < -0.3 is 14.8 Å². The molecule has 1 N–H and O–H groups in total. The number of ether oxygens (including phenoxy) is 2. The second-order valence-corrected chi connectivity index (χ2v) is 3.64. The minimum atomic E-state index is -0.0551. The van der Waals surface area contributed by atoms with Crippen molar-refractivity contribution in [2.75, 3.05) is 26.3 Å². The molecule has 0 aromatic carbocycles. The predicted octanol–water partition coefficient (Wildman–Crippen LogP) is -0.0720. The van der Waals surface area contributed by atoms with Gasteiger partial charge in [-0.25, -0.2) is 0 Å². The monoisotopic (exact) mass is 185 g/mol. The van der Waals surface area contributed by atoms with Crippen LogP contribution in [0.5, 0.6) is 0 Å². The highest BCUT2D eigenvalue weighted by molar-refractivity contribution is 5.73. The van der Waals surface area contributed by atoms with E-state index in [0.717, 1.165) is 25.9 Å². The van der Waals surface area contributed by atoms with E-state index in [2.05, 4.69) is 5.32 Å². The summed E-state index contributed by atoms with van der Waals surface area (Å²) in [5.74, 6) is 0.00912. The van der Waals surface area contributed by atoms with Crippen molar-refractivity contribution >= 4 is 5.97 Å². The third-order valence-corrected chi connectivity index (χ3v) is 2.52. The molecule has 2 rings (SSSR count). The van der Waals surface area contributed by atoms with Gasteiger partial charge in [-0.15, -0.1) is 0 Å². The molecule has 2 heterocycles. The van der Waals surface area contributed by atoms with Crippen LogP contribution in [0, 0.1) is 5.92 Å². The molecule has 0 bridgehead atoms.